The smallest absolute Gasteiger partial charge is 0.116 e. The van der Waals surface area contributed by atoms with Crippen molar-refractivity contribution in [2.24, 2.45) is 11.3 Å². The molecule has 0 saturated heterocycles. The topological polar surface area (TPSA) is 33.1 Å². The zero-order valence-corrected chi connectivity index (χ0v) is 14.4. The van der Waals surface area contributed by atoms with Crippen molar-refractivity contribution in [2.45, 2.75) is 59.8 Å². The number of pyridine rings is 1. The van der Waals surface area contributed by atoms with Crippen molar-refractivity contribution in [2.75, 3.05) is 0 Å². The van der Waals surface area contributed by atoms with Gasteiger partial charge in [0, 0.05) is 17.3 Å². The third kappa shape index (κ3) is 4.72. The Labute approximate surface area is 134 Å². The molecule has 1 saturated carbocycles. The zero-order valence-electron chi connectivity index (χ0n) is 14.4. The van der Waals surface area contributed by atoms with Gasteiger partial charge >= 0.3 is 0 Å². The highest BCUT2D eigenvalue weighted by Crippen LogP contribution is 2.37. The van der Waals surface area contributed by atoms with E-state index in [4.69, 9.17) is 0 Å². The molecule has 0 atom stereocenters. The summed E-state index contributed by atoms with van der Waals surface area (Å²) in [6, 6.07) is 7.28. The minimum absolute atomic E-state index is 0.285. The number of hydrogen-bond donors (Lipinski definition) is 1. The molecule has 0 unspecified atom stereocenters. The first kappa shape index (κ1) is 16.8. The van der Waals surface area contributed by atoms with Crippen LogP contribution < -0.4 is 0 Å². The van der Waals surface area contributed by atoms with E-state index in [1.807, 2.05) is 19.1 Å². The SMILES string of the molecule is CC(C)(C)C1CCCCC1.Cc1cc2ccc(O)cc2cn1. The molecule has 2 heteroatoms. The molecule has 120 valence electrons. The van der Waals surface area contributed by atoms with Crippen molar-refractivity contribution < 1.29 is 5.11 Å². The Morgan fingerprint density at radius 3 is 2.27 bits per heavy atom. The van der Waals surface area contributed by atoms with Gasteiger partial charge in [-0.05, 0) is 54.7 Å². The zero-order chi connectivity index (χ0) is 16.2. The Balaban J connectivity index is 0.000000164. The Bertz CT molecular complexity index is 565. The number of rotatable bonds is 0. The second-order valence-electron chi connectivity index (χ2n) is 7.56. The van der Waals surface area contributed by atoms with Gasteiger partial charge in [0.25, 0.3) is 0 Å². The van der Waals surface area contributed by atoms with Crippen LogP contribution in [0.25, 0.3) is 10.8 Å². The third-order valence-electron chi connectivity index (χ3n) is 4.67. The molecule has 2 aromatic rings. The molecule has 3 rings (SSSR count). The van der Waals surface area contributed by atoms with Crippen LogP contribution in [-0.2, 0) is 0 Å². The first-order valence-electron chi connectivity index (χ1n) is 8.41. The number of aromatic nitrogens is 1. The maximum absolute atomic E-state index is 9.17. The van der Waals surface area contributed by atoms with Crippen LogP contribution in [0.3, 0.4) is 0 Å². The van der Waals surface area contributed by atoms with Crippen molar-refractivity contribution in [3.8, 4) is 5.75 Å². The molecule has 1 aromatic carbocycles. The number of nitrogens with zero attached hydrogens (tertiary/aromatic N) is 1. The lowest BCUT2D eigenvalue weighted by atomic mass is 9.72. The van der Waals surface area contributed by atoms with Gasteiger partial charge in [-0.15, -0.1) is 0 Å². The van der Waals surface area contributed by atoms with Crippen molar-refractivity contribution in [1.29, 1.82) is 0 Å². The summed E-state index contributed by atoms with van der Waals surface area (Å²) in [6.45, 7) is 9.08. The largest absolute Gasteiger partial charge is 0.508 e. The summed E-state index contributed by atoms with van der Waals surface area (Å²) < 4.78 is 0. The highest BCUT2D eigenvalue weighted by atomic mass is 16.3. The van der Waals surface area contributed by atoms with E-state index in [9.17, 15) is 5.11 Å². The molecule has 1 aliphatic rings. The highest BCUT2D eigenvalue weighted by Gasteiger charge is 2.25. The minimum Gasteiger partial charge on any atom is -0.508 e. The average Bonchev–Trinajstić information content (AvgIpc) is 2.48. The summed E-state index contributed by atoms with van der Waals surface area (Å²) >= 11 is 0. The number of hydrogen-bond acceptors (Lipinski definition) is 2. The molecule has 0 amide bonds. The Morgan fingerprint density at radius 2 is 1.68 bits per heavy atom. The molecule has 1 fully saturated rings. The summed E-state index contributed by atoms with van der Waals surface area (Å²) in [5, 5.41) is 11.3. The second kappa shape index (κ2) is 7.13. The van der Waals surface area contributed by atoms with Crippen LogP contribution in [0, 0.1) is 18.3 Å². The fraction of sp³-hybridized carbons (Fsp3) is 0.550. The van der Waals surface area contributed by atoms with Crippen LogP contribution in [0.2, 0.25) is 0 Å². The molecule has 0 bridgehead atoms. The molecule has 2 nitrogen and oxygen atoms in total. The number of aryl methyl sites for hydroxylation is 1. The predicted octanol–water partition coefficient (Wildman–Crippen LogP) is 5.86. The molecule has 1 heterocycles. The molecule has 0 aliphatic heterocycles. The predicted molar refractivity (Wildman–Crippen MR) is 94.2 cm³/mol. The van der Waals surface area contributed by atoms with Crippen molar-refractivity contribution in [3.63, 3.8) is 0 Å². The van der Waals surface area contributed by atoms with Gasteiger partial charge in [0.05, 0.1) is 0 Å². The van der Waals surface area contributed by atoms with Crippen molar-refractivity contribution in [3.05, 3.63) is 36.2 Å². The van der Waals surface area contributed by atoms with Gasteiger partial charge in [-0.2, -0.15) is 0 Å². The molecule has 1 aromatic heterocycles. The average molecular weight is 299 g/mol. The van der Waals surface area contributed by atoms with E-state index in [1.54, 1.807) is 18.3 Å². The fourth-order valence-electron chi connectivity index (χ4n) is 3.21. The van der Waals surface area contributed by atoms with E-state index in [0.29, 0.717) is 5.41 Å². The van der Waals surface area contributed by atoms with E-state index < -0.39 is 0 Å². The number of phenols is 1. The van der Waals surface area contributed by atoms with Crippen LogP contribution in [0.15, 0.2) is 30.5 Å². The first-order valence-corrected chi connectivity index (χ1v) is 8.41. The normalized spacial score (nSPS) is 16.2. The maximum atomic E-state index is 9.17. The third-order valence-corrected chi connectivity index (χ3v) is 4.67. The van der Waals surface area contributed by atoms with E-state index in [2.05, 4.69) is 25.8 Å². The van der Waals surface area contributed by atoms with E-state index in [-0.39, 0.29) is 5.75 Å². The van der Waals surface area contributed by atoms with Crippen LogP contribution in [0.4, 0.5) is 0 Å². The van der Waals surface area contributed by atoms with Gasteiger partial charge in [-0.3, -0.25) is 4.98 Å². The lowest BCUT2D eigenvalue weighted by molar-refractivity contribution is 0.180. The molecule has 0 spiro atoms. The van der Waals surface area contributed by atoms with Gasteiger partial charge in [-0.1, -0.05) is 46.1 Å². The molecular formula is C20H29NO. The van der Waals surface area contributed by atoms with Gasteiger partial charge in [0.2, 0.25) is 0 Å². The van der Waals surface area contributed by atoms with Gasteiger partial charge in [-0.25, -0.2) is 0 Å². The molecule has 1 N–H and O–H groups in total. The number of benzene rings is 1. The van der Waals surface area contributed by atoms with Crippen LogP contribution >= 0.6 is 0 Å². The molecule has 22 heavy (non-hydrogen) atoms. The van der Waals surface area contributed by atoms with E-state index in [0.717, 1.165) is 22.4 Å². The lowest BCUT2D eigenvalue weighted by Crippen LogP contribution is -2.22. The minimum atomic E-state index is 0.285. The summed E-state index contributed by atoms with van der Waals surface area (Å²) in [4.78, 5) is 4.14. The highest BCUT2D eigenvalue weighted by molar-refractivity contribution is 5.83. The van der Waals surface area contributed by atoms with Crippen molar-refractivity contribution >= 4 is 10.8 Å². The summed E-state index contributed by atoms with van der Waals surface area (Å²) in [5.74, 6) is 1.29. The van der Waals surface area contributed by atoms with Gasteiger partial charge < -0.3 is 5.11 Å². The number of phenolic OH excluding ortho intramolecular Hbond substituents is 1. The van der Waals surface area contributed by atoms with E-state index >= 15 is 0 Å². The quantitative estimate of drug-likeness (QED) is 0.660. The Hall–Kier alpha value is -1.57. The van der Waals surface area contributed by atoms with Gasteiger partial charge in [0.15, 0.2) is 0 Å². The van der Waals surface area contributed by atoms with Crippen molar-refractivity contribution in [1.82, 2.24) is 4.98 Å². The number of fused-ring (bicyclic) bond motifs is 1. The monoisotopic (exact) mass is 299 g/mol. The maximum Gasteiger partial charge on any atom is 0.116 e. The summed E-state index contributed by atoms with van der Waals surface area (Å²) in [7, 11) is 0. The van der Waals surface area contributed by atoms with Crippen LogP contribution in [-0.4, -0.2) is 10.1 Å². The first-order chi connectivity index (χ1) is 10.4. The lowest BCUT2D eigenvalue weighted by Gasteiger charge is -2.33. The van der Waals surface area contributed by atoms with Gasteiger partial charge in [0.1, 0.15) is 5.75 Å². The second-order valence-corrected chi connectivity index (χ2v) is 7.56. The number of aromatic hydroxyl groups is 1. The summed E-state index contributed by atoms with van der Waals surface area (Å²) in [6.07, 6.45) is 9.15. The Morgan fingerprint density at radius 1 is 1.00 bits per heavy atom. The van der Waals surface area contributed by atoms with Crippen LogP contribution in [0.1, 0.15) is 58.6 Å². The molecule has 0 radical (unpaired) electrons. The molecular weight excluding hydrogens is 270 g/mol. The standard InChI is InChI=1S/C10H9NO.C10H20/c1-7-4-8-2-3-10(12)5-9(8)6-11-7;1-10(2,3)9-7-5-4-6-8-9/h2-6,12H,1H3;9H,4-8H2,1-3H3. The molecule has 1 aliphatic carbocycles. The Kier molecular flexibility index (Phi) is 5.44. The summed E-state index contributed by atoms with van der Waals surface area (Å²) in [5.41, 5.74) is 1.56. The van der Waals surface area contributed by atoms with Crippen LogP contribution in [0.5, 0.6) is 5.75 Å². The van der Waals surface area contributed by atoms with E-state index in [1.165, 1.54) is 32.1 Å². The fourth-order valence-corrected chi connectivity index (χ4v) is 3.21.